The monoisotopic (exact) mass is 251 g/mol. The van der Waals surface area contributed by atoms with Gasteiger partial charge in [-0.15, -0.1) is 0 Å². The van der Waals surface area contributed by atoms with Gasteiger partial charge in [0.25, 0.3) is 0 Å². The van der Waals surface area contributed by atoms with Gasteiger partial charge in [0.15, 0.2) is 0 Å². The molecule has 0 aromatic heterocycles. The second-order valence-corrected chi connectivity index (χ2v) is 4.67. The maximum atomic E-state index is 5.81. The van der Waals surface area contributed by atoms with Crippen LogP contribution in [0.1, 0.15) is 32.4 Å². The zero-order valence-electron chi connectivity index (χ0n) is 11.8. The smallest absolute Gasteiger partial charge is 0.0742 e. The zero-order valence-corrected chi connectivity index (χ0v) is 11.8. The van der Waals surface area contributed by atoms with E-state index in [0.717, 1.165) is 0 Å². The third kappa shape index (κ3) is 5.17. The zero-order chi connectivity index (χ0) is 13.4. The average Bonchev–Trinajstić information content (AvgIpc) is 2.36. The fraction of sp³-hybridized carbons (Fsp3) is 0.600. The highest BCUT2D eigenvalue weighted by Gasteiger charge is 2.17. The van der Waals surface area contributed by atoms with Crippen LogP contribution in [0.4, 0.5) is 0 Å². The van der Waals surface area contributed by atoms with E-state index in [-0.39, 0.29) is 18.2 Å². The molecule has 0 amide bonds. The molecule has 0 fully saturated rings. The molecule has 0 aliphatic heterocycles. The summed E-state index contributed by atoms with van der Waals surface area (Å²) in [5.41, 5.74) is 1.25. The van der Waals surface area contributed by atoms with Crippen LogP contribution in [0.2, 0.25) is 0 Å². The van der Waals surface area contributed by atoms with E-state index in [1.54, 1.807) is 0 Å². The van der Waals surface area contributed by atoms with Crippen molar-refractivity contribution in [3.8, 4) is 0 Å². The van der Waals surface area contributed by atoms with Crippen molar-refractivity contribution in [3.05, 3.63) is 35.9 Å². The van der Waals surface area contributed by atoms with Gasteiger partial charge in [-0.2, -0.15) is 0 Å². The van der Waals surface area contributed by atoms with Gasteiger partial charge in [-0.3, -0.25) is 0 Å². The highest BCUT2D eigenvalue weighted by atomic mass is 16.5. The molecule has 2 atom stereocenters. The maximum absolute atomic E-state index is 5.81. The Morgan fingerprint density at radius 3 is 2.17 bits per heavy atom. The van der Waals surface area contributed by atoms with Gasteiger partial charge in [0, 0.05) is 0 Å². The molecule has 1 aromatic rings. The predicted octanol–water partition coefficient (Wildman–Crippen LogP) is 2.78. The molecule has 1 aromatic carbocycles. The van der Waals surface area contributed by atoms with Crippen LogP contribution in [0, 0.1) is 0 Å². The number of hydrogen-bond acceptors (Lipinski definition) is 3. The SMILES string of the molecule is CNC(c1ccccc1)C(C)OCCOC(C)C. The van der Waals surface area contributed by atoms with Crippen molar-refractivity contribution in [1.29, 1.82) is 0 Å². The van der Waals surface area contributed by atoms with Crippen LogP contribution in [-0.4, -0.2) is 32.5 Å². The number of benzene rings is 1. The lowest BCUT2D eigenvalue weighted by Gasteiger charge is -2.24. The van der Waals surface area contributed by atoms with Crippen molar-refractivity contribution in [2.45, 2.75) is 39.0 Å². The quantitative estimate of drug-likeness (QED) is 0.721. The molecular weight excluding hydrogens is 226 g/mol. The van der Waals surface area contributed by atoms with E-state index in [2.05, 4.69) is 24.4 Å². The van der Waals surface area contributed by atoms with Crippen molar-refractivity contribution in [2.75, 3.05) is 20.3 Å². The number of likely N-dealkylation sites (N-methyl/N-ethyl adjacent to an activating group) is 1. The lowest BCUT2D eigenvalue weighted by atomic mass is 10.0. The highest BCUT2D eigenvalue weighted by Crippen LogP contribution is 2.18. The number of hydrogen-bond donors (Lipinski definition) is 1. The second-order valence-electron chi connectivity index (χ2n) is 4.67. The van der Waals surface area contributed by atoms with Gasteiger partial charge in [0.1, 0.15) is 0 Å². The van der Waals surface area contributed by atoms with Crippen LogP contribution in [0.25, 0.3) is 0 Å². The van der Waals surface area contributed by atoms with Crippen LogP contribution in [0.5, 0.6) is 0 Å². The summed E-state index contributed by atoms with van der Waals surface area (Å²) in [6, 6.07) is 10.6. The molecule has 0 saturated carbocycles. The molecule has 3 nitrogen and oxygen atoms in total. The van der Waals surface area contributed by atoms with Gasteiger partial charge >= 0.3 is 0 Å². The molecule has 0 saturated heterocycles. The van der Waals surface area contributed by atoms with Crippen molar-refractivity contribution < 1.29 is 9.47 Å². The lowest BCUT2D eigenvalue weighted by Crippen LogP contribution is -2.30. The van der Waals surface area contributed by atoms with Crippen LogP contribution >= 0.6 is 0 Å². The minimum atomic E-state index is 0.119. The second kappa shape index (κ2) is 8.25. The fourth-order valence-corrected chi connectivity index (χ4v) is 1.95. The van der Waals surface area contributed by atoms with Crippen molar-refractivity contribution in [3.63, 3.8) is 0 Å². The summed E-state index contributed by atoms with van der Waals surface area (Å²) in [6.07, 6.45) is 0.381. The summed E-state index contributed by atoms with van der Waals surface area (Å²) in [5, 5.41) is 3.30. The van der Waals surface area contributed by atoms with Crippen LogP contribution in [0.3, 0.4) is 0 Å². The largest absolute Gasteiger partial charge is 0.376 e. The first-order valence-electron chi connectivity index (χ1n) is 6.60. The third-order valence-corrected chi connectivity index (χ3v) is 2.85. The summed E-state index contributed by atoms with van der Waals surface area (Å²) in [6.45, 7) is 7.43. The number of rotatable bonds is 8. The number of nitrogens with one attached hydrogen (secondary N) is 1. The summed E-state index contributed by atoms with van der Waals surface area (Å²) >= 11 is 0. The topological polar surface area (TPSA) is 30.5 Å². The molecule has 0 aliphatic rings. The molecule has 0 aliphatic carbocycles. The standard InChI is InChI=1S/C15H25NO2/c1-12(2)17-10-11-18-13(3)15(16-4)14-8-6-5-7-9-14/h5-9,12-13,15-16H,10-11H2,1-4H3. The van der Waals surface area contributed by atoms with E-state index in [4.69, 9.17) is 9.47 Å². The summed E-state index contributed by atoms with van der Waals surface area (Å²) in [5.74, 6) is 0. The molecule has 1 rings (SSSR count). The van der Waals surface area contributed by atoms with E-state index in [0.29, 0.717) is 13.2 Å². The Balaban J connectivity index is 2.41. The third-order valence-electron chi connectivity index (χ3n) is 2.85. The van der Waals surface area contributed by atoms with Crippen molar-refractivity contribution in [1.82, 2.24) is 5.32 Å². The first-order chi connectivity index (χ1) is 8.65. The average molecular weight is 251 g/mol. The van der Waals surface area contributed by atoms with Gasteiger partial charge in [0.05, 0.1) is 31.5 Å². The van der Waals surface area contributed by atoms with Crippen molar-refractivity contribution >= 4 is 0 Å². The summed E-state index contributed by atoms with van der Waals surface area (Å²) in [4.78, 5) is 0. The molecule has 1 N–H and O–H groups in total. The Morgan fingerprint density at radius 2 is 1.61 bits per heavy atom. The molecule has 102 valence electrons. The van der Waals surface area contributed by atoms with Crippen LogP contribution in [-0.2, 0) is 9.47 Å². The predicted molar refractivity (Wildman–Crippen MR) is 74.7 cm³/mol. The lowest BCUT2D eigenvalue weighted by molar-refractivity contribution is -0.0179. The molecule has 18 heavy (non-hydrogen) atoms. The summed E-state index contributed by atoms with van der Waals surface area (Å²) in [7, 11) is 1.96. The van der Waals surface area contributed by atoms with E-state index < -0.39 is 0 Å². The minimum absolute atomic E-state index is 0.119. The molecular formula is C15H25NO2. The van der Waals surface area contributed by atoms with E-state index in [9.17, 15) is 0 Å². The minimum Gasteiger partial charge on any atom is -0.376 e. The van der Waals surface area contributed by atoms with E-state index in [1.165, 1.54) is 5.56 Å². The van der Waals surface area contributed by atoms with Gasteiger partial charge < -0.3 is 14.8 Å². The van der Waals surface area contributed by atoms with Crippen LogP contribution in [0.15, 0.2) is 30.3 Å². The molecule has 2 unspecified atom stereocenters. The summed E-state index contributed by atoms with van der Waals surface area (Å²) < 4.78 is 11.3. The normalized spacial score (nSPS) is 14.7. The van der Waals surface area contributed by atoms with E-state index >= 15 is 0 Å². The molecule has 0 spiro atoms. The van der Waals surface area contributed by atoms with Gasteiger partial charge in [-0.25, -0.2) is 0 Å². The van der Waals surface area contributed by atoms with Gasteiger partial charge in [0.2, 0.25) is 0 Å². The van der Waals surface area contributed by atoms with Crippen LogP contribution < -0.4 is 5.32 Å². The Morgan fingerprint density at radius 1 is 1.00 bits per heavy atom. The molecule has 3 heteroatoms. The van der Waals surface area contributed by atoms with Gasteiger partial charge in [-0.1, -0.05) is 30.3 Å². The Hall–Kier alpha value is -0.900. The highest BCUT2D eigenvalue weighted by molar-refractivity contribution is 5.19. The molecule has 0 heterocycles. The maximum Gasteiger partial charge on any atom is 0.0742 e. The number of ether oxygens (including phenoxy) is 2. The Bertz CT molecular complexity index is 314. The molecule has 0 bridgehead atoms. The Labute approximate surface area is 110 Å². The first kappa shape index (κ1) is 15.2. The molecule has 0 radical (unpaired) electrons. The Kier molecular flexibility index (Phi) is 6.94. The van der Waals surface area contributed by atoms with Crippen molar-refractivity contribution in [2.24, 2.45) is 0 Å². The first-order valence-corrected chi connectivity index (χ1v) is 6.60. The fourth-order valence-electron chi connectivity index (χ4n) is 1.95. The van der Waals surface area contributed by atoms with Gasteiger partial charge in [-0.05, 0) is 33.4 Å². The van der Waals surface area contributed by atoms with E-state index in [1.807, 2.05) is 39.1 Å².